The lowest BCUT2D eigenvalue weighted by Gasteiger charge is -2.48. The number of thioether (sulfide) groups is 1. The molecule has 0 aliphatic carbocycles. The predicted molar refractivity (Wildman–Crippen MR) is 128 cm³/mol. The van der Waals surface area contributed by atoms with Gasteiger partial charge in [-0.1, -0.05) is 6.92 Å². The van der Waals surface area contributed by atoms with E-state index in [1.807, 2.05) is 6.92 Å². The van der Waals surface area contributed by atoms with Gasteiger partial charge in [0.15, 0.2) is 12.2 Å². The maximum absolute atomic E-state index is 13.0. The molecule has 13 nitrogen and oxygen atoms in total. The zero-order chi connectivity index (χ0) is 28.3. The molecule has 0 aromatic rings. The van der Waals surface area contributed by atoms with E-state index < -0.39 is 77.8 Å². The number of nitrogens with one attached hydrogen (secondary N) is 1. The van der Waals surface area contributed by atoms with E-state index in [0.29, 0.717) is 12.2 Å². The summed E-state index contributed by atoms with van der Waals surface area (Å²) in [7, 11) is 1.15. The zero-order valence-corrected chi connectivity index (χ0v) is 22.8. The second-order valence-corrected chi connectivity index (χ2v) is 9.63. The predicted octanol–water partition coefficient (Wildman–Crippen LogP) is 0.651. The molecule has 0 aromatic carbocycles. The van der Waals surface area contributed by atoms with Crippen LogP contribution >= 0.6 is 11.8 Å². The Morgan fingerprint density at radius 2 is 1.59 bits per heavy atom. The summed E-state index contributed by atoms with van der Waals surface area (Å²) in [5, 5.41) is 2.62. The number of amides is 1. The molecule has 0 radical (unpaired) electrons. The summed E-state index contributed by atoms with van der Waals surface area (Å²) in [5.74, 6) is -3.96. The van der Waals surface area contributed by atoms with E-state index in [1.54, 1.807) is 0 Å². The number of hydrogen-bond acceptors (Lipinski definition) is 13. The Balaban J connectivity index is 3.78. The van der Waals surface area contributed by atoms with Crippen molar-refractivity contribution in [2.24, 2.45) is 0 Å². The monoisotopic (exact) mass is 549 g/mol. The van der Waals surface area contributed by atoms with E-state index in [4.69, 9.17) is 28.4 Å². The van der Waals surface area contributed by atoms with Gasteiger partial charge in [0.1, 0.15) is 18.8 Å². The fraction of sp³-hybridized carbons (Fsp3) is 0.739. The molecule has 1 aliphatic rings. The van der Waals surface area contributed by atoms with Crippen LogP contribution in [0.15, 0.2) is 0 Å². The summed E-state index contributed by atoms with van der Waals surface area (Å²) < 4.78 is 32.5. The molecular weight excluding hydrogens is 514 g/mol. The minimum absolute atomic E-state index is 0.208. The minimum atomic E-state index is -1.74. The Hall–Kier alpha value is -2.87. The smallest absolute Gasteiger partial charge is 0.348 e. The highest BCUT2D eigenvalue weighted by atomic mass is 32.2. The number of hydrogen-bond donors (Lipinski definition) is 1. The van der Waals surface area contributed by atoms with Gasteiger partial charge < -0.3 is 33.7 Å². The number of ether oxygens (including phenoxy) is 6. The first-order chi connectivity index (χ1) is 17.3. The molecule has 14 heteroatoms. The second kappa shape index (κ2) is 14.8. The standard InChI is InChI=1S/C23H35NO12S/c1-8-9-37-23(22(30)31-7)10-17(33-14(4)27)19(24-12(2)25)21(36-23)20(35-16(6)29)18(34-15(5)28)11-32-13(3)26/h17-21H,8-11H2,1-7H3,(H,24,25)/t17-,18+,19+,20+,21+,23-/m0/s1. The first-order valence-electron chi connectivity index (χ1n) is 11.6. The number of rotatable bonds is 12. The summed E-state index contributed by atoms with van der Waals surface area (Å²) in [6.07, 6.45) is -5.06. The first-order valence-corrected chi connectivity index (χ1v) is 12.6. The molecular formula is C23H35NO12S. The molecule has 0 bridgehead atoms. The fourth-order valence-corrected chi connectivity index (χ4v) is 5.01. The second-order valence-electron chi connectivity index (χ2n) is 8.28. The van der Waals surface area contributed by atoms with Crippen LogP contribution in [0.25, 0.3) is 0 Å². The van der Waals surface area contributed by atoms with Crippen molar-refractivity contribution in [3.63, 3.8) is 0 Å². The van der Waals surface area contributed by atoms with E-state index >= 15 is 0 Å². The van der Waals surface area contributed by atoms with Gasteiger partial charge in [-0.05, 0) is 12.2 Å². The third-order valence-electron chi connectivity index (χ3n) is 5.03. The van der Waals surface area contributed by atoms with Crippen molar-refractivity contribution in [3.8, 4) is 0 Å². The molecule has 1 amide bonds. The number of methoxy groups -OCH3 is 1. The topological polar surface area (TPSA) is 170 Å². The summed E-state index contributed by atoms with van der Waals surface area (Å²) in [6, 6.07) is -1.17. The molecule has 1 saturated heterocycles. The van der Waals surface area contributed by atoms with Gasteiger partial charge in [0.2, 0.25) is 10.8 Å². The van der Waals surface area contributed by atoms with Crippen LogP contribution in [0.5, 0.6) is 0 Å². The highest BCUT2D eigenvalue weighted by molar-refractivity contribution is 8.01. The van der Waals surface area contributed by atoms with E-state index in [-0.39, 0.29) is 6.42 Å². The number of carbonyl (C=O) groups is 6. The summed E-state index contributed by atoms with van der Waals surface area (Å²) in [4.78, 5) is 71.0. The van der Waals surface area contributed by atoms with Crippen molar-refractivity contribution >= 4 is 47.5 Å². The lowest BCUT2D eigenvalue weighted by molar-refractivity contribution is -0.224. The summed E-state index contributed by atoms with van der Waals surface area (Å²) in [5.41, 5.74) is 0. The van der Waals surface area contributed by atoms with Gasteiger partial charge in [-0.15, -0.1) is 11.8 Å². The SMILES string of the molecule is CCCS[C@]1(C(=O)OC)C[C@H](OC(C)=O)[C@@H](NC(C)=O)[C@H]([C@H](OC(C)=O)[C@@H](COC(C)=O)OC(C)=O)O1. The van der Waals surface area contributed by atoms with Crippen LogP contribution in [0.2, 0.25) is 0 Å². The van der Waals surface area contributed by atoms with Crippen LogP contribution in [-0.4, -0.2) is 90.6 Å². The molecule has 0 aromatic heterocycles. The first kappa shape index (κ1) is 32.2. The highest BCUT2D eigenvalue weighted by Crippen LogP contribution is 2.43. The Bertz CT molecular complexity index is 865. The molecule has 1 heterocycles. The zero-order valence-electron chi connectivity index (χ0n) is 22.0. The minimum Gasteiger partial charge on any atom is -0.466 e. The van der Waals surface area contributed by atoms with Crippen LogP contribution in [-0.2, 0) is 57.2 Å². The Kier molecular flexibility index (Phi) is 12.8. The quantitative estimate of drug-likeness (QED) is 0.266. The van der Waals surface area contributed by atoms with Gasteiger partial charge in [0.05, 0.1) is 13.2 Å². The summed E-state index contributed by atoms with van der Waals surface area (Å²) in [6.45, 7) is 7.01. The maximum atomic E-state index is 13.0. The Morgan fingerprint density at radius 1 is 0.973 bits per heavy atom. The van der Waals surface area contributed by atoms with E-state index in [2.05, 4.69) is 5.32 Å². The van der Waals surface area contributed by atoms with Crippen molar-refractivity contribution in [2.75, 3.05) is 19.5 Å². The van der Waals surface area contributed by atoms with Crippen molar-refractivity contribution < 1.29 is 57.2 Å². The molecule has 0 spiro atoms. The molecule has 1 N–H and O–H groups in total. The van der Waals surface area contributed by atoms with Crippen LogP contribution < -0.4 is 5.32 Å². The molecule has 210 valence electrons. The molecule has 1 rings (SSSR count). The number of esters is 5. The molecule has 1 aliphatic heterocycles. The fourth-order valence-electron chi connectivity index (χ4n) is 3.81. The average Bonchev–Trinajstić information content (AvgIpc) is 2.78. The highest BCUT2D eigenvalue weighted by Gasteiger charge is 2.58. The van der Waals surface area contributed by atoms with Crippen LogP contribution in [0.4, 0.5) is 0 Å². The Labute approximate surface area is 219 Å². The van der Waals surface area contributed by atoms with Gasteiger partial charge in [0, 0.05) is 41.0 Å². The lowest BCUT2D eigenvalue weighted by Crippen LogP contribution is -2.68. The van der Waals surface area contributed by atoms with Gasteiger partial charge in [-0.2, -0.15) is 0 Å². The van der Waals surface area contributed by atoms with Crippen molar-refractivity contribution in [2.45, 2.75) is 89.8 Å². The van der Waals surface area contributed by atoms with E-state index in [1.165, 1.54) is 6.92 Å². The third-order valence-corrected chi connectivity index (χ3v) is 6.54. The number of carbonyl (C=O) groups excluding carboxylic acids is 6. The third kappa shape index (κ3) is 9.84. The molecule has 0 unspecified atom stereocenters. The average molecular weight is 550 g/mol. The molecule has 37 heavy (non-hydrogen) atoms. The molecule has 0 saturated carbocycles. The van der Waals surface area contributed by atoms with Crippen LogP contribution in [0.3, 0.4) is 0 Å². The van der Waals surface area contributed by atoms with Crippen molar-refractivity contribution in [3.05, 3.63) is 0 Å². The van der Waals surface area contributed by atoms with E-state index in [0.717, 1.165) is 46.6 Å². The maximum Gasteiger partial charge on any atom is 0.348 e. The summed E-state index contributed by atoms with van der Waals surface area (Å²) >= 11 is 1.08. The van der Waals surface area contributed by atoms with Gasteiger partial charge in [-0.3, -0.25) is 24.0 Å². The van der Waals surface area contributed by atoms with Crippen LogP contribution in [0.1, 0.15) is 54.4 Å². The lowest BCUT2D eigenvalue weighted by atomic mass is 9.89. The molecule has 1 fully saturated rings. The van der Waals surface area contributed by atoms with Crippen molar-refractivity contribution in [1.82, 2.24) is 5.32 Å². The van der Waals surface area contributed by atoms with Gasteiger partial charge >= 0.3 is 29.8 Å². The van der Waals surface area contributed by atoms with Crippen molar-refractivity contribution in [1.29, 1.82) is 0 Å². The largest absolute Gasteiger partial charge is 0.466 e. The van der Waals surface area contributed by atoms with Gasteiger partial charge in [0.25, 0.3) is 0 Å². The molecule has 6 atom stereocenters. The van der Waals surface area contributed by atoms with Gasteiger partial charge in [-0.25, -0.2) is 4.79 Å². The van der Waals surface area contributed by atoms with Crippen LogP contribution in [0, 0.1) is 0 Å². The normalized spacial score (nSPS) is 24.6. The van der Waals surface area contributed by atoms with E-state index in [9.17, 15) is 28.8 Å². The Morgan fingerprint density at radius 3 is 2.05 bits per heavy atom.